The molecule has 6 heteroatoms. The highest BCUT2D eigenvalue weighted by Crippen LogP contribution is 2.26. The van der Waals surface area contributed by atoms with Gasteiger partial charge in [-0.15, -0.1) is 0 Å². The molecule has 1 saturated heterocycles. The monoisotopic (exact) mass is 434 g/mol. The van der Waals surface area contributed by atoms with Gasteiger partial charge in [-0.05, 0) is 72.5 Å². The van der Waals surface area contributed by atoms with Gasteiger partial charge in [-0.2, -0.15) is 0 Å². The Labute approximate surface area is 187 Å². The molecule has 4 N–H and O–H groups in total. The summed E-state index contributed by atoms with van der Waals surface area (Å²) in [5.74, 6) is -0.510. The molecule has 3 aromatic rings. The Kier molecular flexibility index (Phi) is 6.93. The summed E-state index contributed by atoms with van der Waals surface area (Å²) in [4.78, 5) is 2.21. The van der Waals surface area contributed by atoms with Crippen molar-refractivity contribution in [2.24, 2.45) is 0 Å². The minimum absolute atomic E-state index is 0.250. The molecule has 0 saturated carbocycles. The van der Waals surface area contributed by atoms with Crippen molar-refractivity contribution in [2.75, 3.05) is 18.8 Å². The summed E-state index contributed by atoms with van der Waals surface area (Å²) in [6.07, 6.45) is 3.47. The Morgan fingerprint density at radius 2 is 1.75 bits per heavy atom. The molecule has 0 unspecified atom stereocenters. The van der Waals surface area contributed by atoms with E-state index >= 15 is 0 Å². The summed E-state index contributed by atoms with van der Waals surface area (Å²) in [5.41, 5.74) is 10.5. The lowest BCUT2D eigenvalue weighted by atomic mass is 9.99. The Hall–Kier alpha value is -3.09. The molecule has 0 aromatic heterocycles. The third kappa shape index (κ3) is 5.39. The van der Waals surface area contributed by atoms with Gasteiger partial charge in [0.05, 0.1) is 0 Å². The predicted molar refractivity (Wildman–Crippen MR) is 126 cm³/mol. The smallest absolute Gasteiger partial charge is 0.127 e. The van der Waals surface area contributed by atoms with E-state index in [0.717, 1.165) is 42.6 Å². The molecule has 166 valence electrons. The van der Waals surface area contributed by atoms with Crippen LogP contribution in [0, 0.1) is 17.0 Å². The molecule has 1 aliphatic heterocycles. The van der Waals surface area contributed by atoms with Crippen LogP contribution < -0.4 is 11.1 Å². The third-order valence-corrected chi connectivity index (χ3v) is 5.98. The number of anilines is 1. The minimum atomic E-state index is -0.260. The average Bonchev–Trinajstić information content (AvgIpc) is 3.30. The average molecular weight is 435 g/mol. The first-order chi connectivity index (χ1) is 15.5. The maximum atomic E-state index is 14.8. The van der Waals surface area contributed by atoms with Crippen molar-refractivity contribution < 1.29 is 8.78 Å². The molecule has 1 atom stereocenters. The fourth-order valence-corrected chi connectivity index (χ4v) is 4.25. The van der Waals surface area contributed by atoms with Gasteiger partial charge < -0.3 is 16.5 Å². The Morgan fingerprint density at radius 1 is 1.00 bits per heavy atom. The Morgan fingerprint density at radius 3 is 2.47 bits per heavy atom. The van der Waals surface area contributed by atoms with Crippen molar-refractivity contribution in [1.82, 2.24) is 10.2 Å². The fraction of sp³-hybridized carbons (Fsp3) is 0.269. The van der Waals surface area contributed by atoms with Gasteiger partial charge in [-0.1, -0.05) is 24.3 Å². The molecule has 32 heavy (non-hydrogen) atoms. The number of nitrogens with two attached hydrogens (primary N) is 1. The second-order valence-corrected chi connectivity index (χ2v) is 8.38. The zero-order valence-corrected chi connectivity index (χ0v) is 18.0. The van der Waals surface area contributed by atoms with Gasteiger partial charge in [-0.25, -0.2) is 8.78 Å². The quantitative estimate of drug-likeness (QED) is 0.347. The number of nitrogen functional groups attached to an aromatic ring is 1. The zero-order valence-electron chi connectivity index (χ0n) is 18.0. The Bertz CT molecular complexity index is 1080. The summed E-state index contributed by atoms with van der Waals surface area (Å²) in [6.45, 7) is 2.86. The van der Waals surface area contributed by atoms with Gasteiger partial charge in [0.25, 0.3) is 0 Å². The molecule has 0 aliphatic carbocycles. The van der Waals surface area contributed by atoms with Crippen LogP contribution in [-0.4, -0.2) is 30.2 Å². The molecule has 0 radical (unpaired) electrons. The van der Waals surface area contributed by atoms with E-state index < -0.39 is 0 Å². The van der Waals surface area contributed by atoms with Crippen molar-refractivity contribution in [2.45, 2.75) is 32.0 Å². The van der Waals surface area contributed by atoms with Crippen LogP contribution in [0.5, 0.6) is 0 Å². The fourth-order valence-electron chi connectivity index (χ4n) is 4.25. The molecule has 1 fully saturated rings. The lowest BCUT2D eigenvalue weighted by Gasteiger charge is -2.26. The molecular weight excluding hydrogens is 406 g/mol. The number of hydrogen-bond acceptors (Lipinski definition) is 4. The third-order valence-electron chi connectivity index (χ3n) is 5.98. The van der Waals surface area contributed by atoms with E-state index in [1.807, 2.05) is 18.2 Å². The van der Waals surface area contributed by atoms with E-state index in [9.17, 15) is 8.78 Å². The topological polar surface area (TPSA) is 65.1 Å². The molecule has 0 bridgehead atoms. The number of nitrogens with one attached hydrogen (secondary N) is 2. The number of hydrogen-bond donors (Lipinski definition) is 3. The maximum absolute atomic E-state index is 14.8. The first kappa shape index (κ1) is 22.1. The SMILES string of the molecule is N=Cc1cc(-c2ccc(F)c(CN(Cc3ccc(F)cc3)C[C@@H]3CCCN3)c2)ccc1N. The van der Waals surface area contributed by atoms with Crippen molar-refractivity contribution >= 4 is 11.9 Å². The van der Waals surface area contributed by atoms with E-state index in [1.54, 1.807) is 24.3 Å². The number of rotatable bonds is 8. The van der Waals surface area contributed by atoms with Gasteiger partial charge in [0.2, 0.25) is 0 Å². The van der Waals surface area contributed by atoms with Crippen LogP contribution in [0.3, 0.4) is 0 Å². The first-order valence-corrected chi connectivity index (χ1v) is 10.9. The lowest BCUT2D eigenvalue weighted by molar-refractivity contribution is 0.230. The van der Waals surface area contributed by atoms with E-state index in [-0.39, 0.29) is 11.6 Å². The molecular formula is C26H28F2N4. The van der Waals surface area contributed by atoms with Crippen LogP contribution in [-0.2, 0) is 13.1 Å². The number of halogens is 2. The predicted octanol–water partition coefficient (Wildman–Crippen LogP) is 4.97. The summed E-state index contributed by atoms with van der Waals surface area (Å²) < 4.78 is 28.2. The van der Waals surface area contributed by atoms with Crippen molar-refractivity contribution in [3.63, 3.8) is 0 Å². The van der Waals surface area contributed by atoms with E-state index in [1.165, 1.54) is 24.4 Å². The highest BCUT2D eigenvalue weighted by molar-refractivity contribution is 5.87. The minimum Gasteiger partial charge on any atom is -0.398 e. The summed E-state index contributed by atoms with van der Waals surface area (Å²) in [5, 5.41) is 11.0. The van der Waals surface area contributed by atoms with Gasteiger partial charge in [-0.3, -0.25) is 4.90 Å². The second-order valence-electron chi connectivity index (χ2n) is 8.38. The molecule has 1 aliphatic rings. The van der Waals surface area contributed by atoms with E-state index in [2.05, 4.69) is 10.2 Å². The highest BCUT2D eigenvalue weighted by atomic mass is 19.1. The normalized spacial score (nSPS) is 15.9. The van der Waals surface area contributed by atoms with Crippen LogP contribution in [0.2, 0.25) is 0 Å². The largest absolute Gasteiger partial charge is 0.398 e. The van der Waals surface area contributed by atoms with Crippen LogP contribution in [0.4, 0.5) is 14.5 Å². The van der Waals surface area contributed by atoms with Gasteiger partial charge >= 0.3 is 0 Å². The molecule has 1 heterocycles. The molecule has 3 aromatic carbocycles. The Balaban J connectivity index is 1.59. The van der Waals surface area contributed by atoms with Gasteiger partial charge in [0.1, 0.15) is 11.6 Å². The van der Waals surface area contributed by atoms with Crippen LogP contribution in [0.25, 0.3) is 11.1 Å². The number of nitrogens with zero attached hydrogens (tertiary/aromatic N) is 1. The van der Waals surface area contributed by atoms with E-state index in [0.29, 0.717) is 35.9 Å². The zero-order chi connectivity index (χ0) is 22.5. The molecule has 4 nitrogen and oxygen atoms in total. The highest BCUT2D eigenvalue weighted by Gasteiger charge is 2.20. The second kappa shape index (κ2) is 10.0. The molecule has 0 spiro atoms. The van der Waals surface area contributed by atoms with Crippen LogP contribution in [0.1, 0.15) is 29.5 Å². The van der Waals surface area contributed by atoms with Crippen LogP contribution in [0.15, 0.2) is 60.7 Å². The maximum Gasteiger partial charge on any atom is 0.127 e. The van der Waals surface area contributed by atoms with Crippen LogP contribution >= 0.6 is 0 Å². The van der Waals surface area contributed by atoms with E-state index in [4.69, 9.17) is 11.1 Å². The van der Waals surface area contributed by atoms with Crippen molar-refractivity contribution in [1.29, 1.82) is 5.41 Å². The molecule has 4 rings (SSSR count). The molecule has 0 amide bonds. The van der Waals surface area contributed by atoms with Crippen molar-refractivity contribution in [3.8, 4) is 11.1 Å². The van der Waals surface area contributed by atoms with Crippen molar-refractivity contribution in [3.05, 3.63) is 89.0 Å². The standard InChI is InChI=1S/C26H28F2N4/c27-23-7-3-18(4-8-23)15-32(17-24-2-1-11-31-24)16-22-13-19(5-9-25(22)28)20-6-10-26(30)21(12-20)14-29/h3-10,12-14,24,29,31H,1-2,11,15-17,30H2/t24-/m0/s1. The van der Waals surface area contributed by atoms with Gasteiger partial charge in [0, 0.05) is 48.7 Å². The van der Waals surface area contributed by atoms with Gasteiger partial charge in [0.15, 0.2) is 0 Å². The summed E-state index contributed by atoms with van der Waals surface area (Å²) in [7, 11) is 0. The number of benzene rings is 3. The summed E-state index contributed by atoms with van der Waals surface area (Å²) in [6, 6.07) is 17.5. The summed E-state index contributed by atoms with van der Waals surface area (Å²) >= 11 is 0. The first-order valence-electron chi connectivity index (χ1n) is 10.9. The lowest BCUT2D eigenvalue weighted by Crippen LogP contribution is -2.37.